The van der Waals surface area contributed by atoms with Crippen LogP contribution in [0.15, 0.2) is 23.1 Å². The molecule has 0 bridgehead atoms. The first-order valence-electron chi connectivity index (χ1n) is 10.2. The number of halogens is 2. The third-order valence-electron chi connectivity index (χ3n) is 6.28. The highest BCUT2D eigenvalue weighted by molar-refractivity contribution is 7.89. The number of benzene rings is 1. The molecule has 1 heterocycles. The molecule has 0 aromatic heterocycles. The Morgan fingerprint density at radius 2 is 1.71 bits per heavy atom. The molecule has 11 heteroatoms. The molecule has 1 aliphatic heterocycles. The summed E-state index contributed by atoms with van der Waals surface area (Å²) in [6.45, 7) is 1.46. The van der Waals surface area contributed by atoms with E-state index in [-0.39, 0.29) is 27.9 Å². The lowest BCUT2D eigenvalue weighted by Crippen LogP contribution is -2.62. The normalized spacial score (nSPS) is 23.4. The van der Waals surface area contributed by atoms with Crippen molar-refractivity contribution in [2.45, 2.75) is 62.1 Å². The van der Waals surface area contributed by atoms with Gasteiger partial charge in [-0.05, 0) is 50.8 Å². The fourth-order valence-corrected chi connectivity index (χ4v) is 6.89. The van der Waals surface area contributed by atoms with Gasteiger partial charge in [-0.1, -0.05) is 36.0 Å². The van der Waals surface area contributed by atoms with E-state index in [4.69, 9.17) is 23.2 Å². The second-order valence-corrected chi connectivity index (χ2v) is 11.0. The number of amides is 1. The Morgan fingerprint density at radius 1 is 1.13 bits per heavy atom. The molecule has 1 saturated heterocycles. The molecule has 8 nitrogen and oxygen atoms in total. The van der Waals surface area contributed by atoms with Gasteiger partial charge in [0.2, 0.25) is 15.9 Å². The molecular formula is C20H26Cl2N2O6S. The molecule has 2 fully saturated rings. The van der Waals surface area contributed by atoms with E-state index in [1.165, 1.54) is 25.1 Å². The molecule has 3 unspecified atom stereocenters. The molecule has 2 aliphatic rings. The van der Waals surface area contributed by atoms with E-state index in [1.807, 2.05) is 0 Å². The Labute approximate surface area is 191 Å². The van der Waals surface area contributed by atoms with Crippen molar-refractivity contribution in [1.29, 1.82) is 0 Å². The summed E-state index contributed by atoms with van der Waals surface area (Å²) >= 11 is 11.9. The zero-order valence-corrected chi connectivity index (χ0v) is 19.4. The molecule has 31 heavy (non-hydrogen) atoms. The highest BCUT2D eigenvalue weighted by atomic mass is 35.5. The van der Waals surface area contributed by atoms with E-state index in [0.717, 1.165) is 17.1 Å². The fourth-order valence-electron chi connectivity index (χ4n) is 4.50. The number of nitrogens with zero attached hydrogens (tertiary/aromatic N) is 1. The maximum atomic E-state index is 13.2. The number of carbonyl (C=O) groups is 2. The van der Waals surface area contributed by atoms with Gasteiger partial charge >= 0.3 is 5.97 Å². The number of hydrogen-bond donors (Lipinski definition) is 3. The van der Waals surface area contributed by atoms with E-state index >= 15 is 0 Å². The second kappa shape index (κ2) is 9.23. The topological polar surface area (TPSA) is 124 Å². The van der Waals surface area contributed by atoms with Crippen LogP contribution in [0, 0.1) is 11.8 Å². The first kappa shape index (κ1) is 24.3. The van der Waals surface area contributed by atoms with Crippen LogP contribution < -0.4 is 5.32 Å². The number of carbonyl (C=O) groups excluding carboxylic acids is 1. The Kier molecular flexibility index (Phi) is 7.22. The lowest BCUT2D eigenvalue weighted by atomic mass is 9.83. The van der Waals surface area contributed by atoms with Crippen molar-refractivity contribution in [3.63, 3.8) is 0 Å². The third-order valence-corrected chi connectivity index (χ3v) is 8.60. The number of aliphatic carboxylic acids is 1. The lowest BCUT2D eigenvalue weighted by molar-refractivity contribution is -0.164. The van der Waals surface area contributed by atoms with Crippen LogP contribution in [0.25, 0.3) is 0 Å². The van der Waals surface area contributed by atoms with Crippen LogP contribution in [0.5, 0.6) is 0 Å². The van der Waals surface area contributed by atoms with Crippen LogP contribution >= 0.6 is 23.2 Å². The van der Waals surface area contributed by atoms with E-state index in [2.05, 4.69) is 5.32 Å². The maximum Gasteiger partial charge on any atom is 0.311 e. The summed E-state index contributed by atoms with van der Waals surface area (Å²) in [6, 6.07) is 2.86. The molecule has 3 atom stereocenters. The zero-order valence-electron chi connectivity index (χ0n) is 17.1. The first-order chi connectivity index (χ1) is 14.5. The van der Waals surface area contributed by atoms with Crippen LogP contribution in [-0.2, 0) is 19.6 Å². The number of rotatable bonds is 7. The van der Waals surface area contributed by atoms with Crippen molar-refractivity contribution in [1.82, 2.24) is 9.62 Å². The second-order valence-electron chi connectivity index (χ2n) is 8.23. The van der Waals surface area contributed by atoms with Gasteiger partial charge in [0.1, 0.15) is 12.0 Å². The Morgan fingerprint density at radius 3 is 2.26 bits per heavy atom. The predicted octanol–water partition coefficient (Wildman–Crippen LogP) is 2.86. The number of carboxylic acids is 1. The van der Waals surface area contributed by atoms with E-state index in [1.54, 1.807) is 0 Å². The van der Waals surface area contributed by atoms with Gasteiger partial charge in [-0.25, -0.2) is 8.42 Å². The summed E-state index contributed by atoms with van der Waals surface area (Å²) in [5.41, 5.74) is -1.96. The summed E-state index contributed by atoms with van der Waals surface area (Å²) in [6.07, 6.45) is 3.52. The van der Waals surface area contributed by atoms with Crippen molar-refractivity contribution < 1.29 is 28.2 Å². The van der Waals surface area contributed by atoms with Crippen molar-refractivity contribution in [3.05, 3.63) is 28.2 Å². The molecule has 3 rings (SSSR count). The summed E-state index contributed by atoms with van der Waals surface area (Å²) in [5.74, 6) is -3.62. The van der Waals surface area contributed by atoms with Crippen molar-refractivity contribution in [2.24, 2.45) is 11.8 Å². The van der Waals surface area contributed by atoms with Crippen LogP contribution in [0.4, 0.5) is 0 Å². The predicted molar refractivity (Wildman–Crippen MR) is 115 cm³/mol. The molecule has 1 aliphatic carbocycles. The summed E-state index contributed by atoms with van der Waals surface area (Å²) in [5, 5.41) is 23.6. The summed E-state index contributed by atoms with van der Waals surface area (Å²) in [7, 11) is -4.08. The number of carboxylic acid groups (broad SMARTS) is 1. The molecular weight excluding hydrogens is 467 g/mol. The van der Waals surface area contributed by atoms with Gasteiger partial charge < -0.3 is 15.5 Å². The van der Waals surface area contributed by atoms with Crippen molar-refractivity contribution >= 4 is 45.1 Å². The zero-order chi connectivity index (χ0) is 23.0. The van der Waals surface area contributed by atoms with Crippen LogP contribution in [0.2, 0.25) is 10.0 Å². The molecule has 172 valence electrons. The minimum atomic E-state index is -4.08. The third kappa shape index (κ3) is 4.85. The van der Waals surface area contributed by atoms with Crippen LogP contribution in [0.1, 0.15) is 45.4 Å². The smallest absolute Gasteiger partial charge is 0.311 e. The molecule has 1 aromatic carbocycles. The summed E-state index contributed by atoms with van der Waals surface area (Å²) in [4.78, 5) is 24.7. The largest absolute Gasteiger partial charge is 0.481 e. The fraction of sp³-hybridized carbons (Fsp3) is 0.600. The van der Waals surface area contributed by atoms with Gasteiger partial charge in [0, 0.05) is 22.5 Å². The van der Waals surface area contributed by atoms with E-state index in [0.29, 0.717) is 19.3 Å². The monoisotopic (exact) mass is 492 g/mol. The summed E-state index contributed by atoms with van der Waals surface area (Å²) < 4.78 is 27.4. The van der Waals surface area contributed by atoms with Crippen molar-refractivity contribution in [3.8, 4) is 0 Å². The number of sulfonamides is 1. The van der Waals surface area contributed by atoms with Crippen LogP contribution in [-0.4, -0.2) is 53.1 Å². The Bertz CT molecular complexity index is 946. The van der Waals surface area contributed by atoms with Crippen LogP contribution in [0.3, 0.4) is 0 Å². The number of hydrogen-bond acceptors (Lipinski definition) is 5. The minimum absolute atomic E-state index is 0.112. The SMILES string of the molecule is CC(C(=O)O)C(O)(NC(=O)C1CCCN1S(=O)(=O)c1cc(Cl)cc(Cl)c1)C1CCCC1. The molecule has 1 saturated carbocycles. The molecule has 0 spiro atoms. The maximum absolute atomic E-state index is 13.2. The number of nitrogens with one attached hydrogen (secondary N) is 1. The van der Waals surface area contributed by atoms with Gasteiger partial charge in [0.05, 0.1) is 4.90 Å². The standard InChI is InChI=1S/C20H26Cl2N2O6S/c1-12(19(26)27)20(28,13-5-2-3-6-13)23-18(25)17-7-4-8-24(17)31(29,30)16-10-14(21)9-15(22)11-16/h9-13,17,28H,2-8H2,1H3,(H,23,25)(H,26,27). The Balaban J connectivity index is 1.88. The molecule has 3 N–H and O–H groups in total. The van der Waals surface area contributed by atoms with Gasteiger partial charge in [-0.3, -0.25) is 9.59 Å². The number of aliphatic hydroxyl groups is 1. The molecule has 0 radical (unpaired) electrons. The molecule has 1 amide bonds. The first-order valence-corrected chi connectivity index (χ1v) is 12.4. The minimum Gasteiger partial charge on any atom is -0.481 e. The average molecular weight is 493 g/mol. The van der Waals surface area contributed by atoms with Gasteiger partial charge in [0.25, 0.3) is 0 Å². The van der Waals surface area contributed by atoms with Gasteiger partial charge in [-0.2, -0.15) is 4.31 Å². The average Bonchev–Trinajstić information content (AvgIpc) is 3.38. The van der Waals surface area contributed by atoms with Crippen molar-refractivity contribution in [2.75, 3.05) is 6.54 Å². The molecule has 1 aromatic rings. The van der Waals surface area contributed by atoms with E-state index < -0.39 is 45.5 Å². The van der Waals surface area contributed by atoms with Gasteiger partial charge in [-0.15, -0.1) is 0 Å². The highest BCUT2D eigenvalue weighted by Crippen LogP contribution is 2.38. The quantitative estimate of drug-likeness (QED) is 0.502. The van der Waals surface area contributed by atoms with E-state index in [9.17, 15) is 28.2 Å². The van der Waals surface area contributed by atoms with Gasteiger partial charge in [0.15, 0.2) is 5.72 Å². The lowest BCUT2D eigenvalue weighted by Gasteiger charge is -2.39. The Hall–Kier alpha value is -1.39. The highest BCUT2D eigenvalue weighted by Gasteiger charge is 2.49.